The molecule has 3 aromatic rings. The molecule has 2 aromatic heterocycles. The summed E-state index contributed by atoms with van der Waals surface area (Å²) in [4.78, 5) is 21.1. The fourth-order valence-electron chi connectivity index (χ4n) is 3.53. The molecule has 1 amide bonds. The second kappa shape index (κ2) is 7.81. The summed E-state index contributed by atoms with van der Waals surface area (Å²) in [6, 6.07) is 10.3. The van der Waals surface area contributed by atoms with Gasteiger partial charge in [0.25, 0.3) is 0 Å². The number of anilines is 1. The zero-order valence-corrected chi connectivity index (χ0v) is 18.9. The van der Waals surface area contributed by atoms with Crippen LogP contribution < -0.4 is 4.90 Å². The number of carbonyl (C=O) groups excluding carboxylic acids is 1. The van der Waals surface area contributed by atoms with Crippen molar-refractivity contribution in [1.82, 2.24) is 20.1 Å². The molecule has 1 aliphatic rings. The molecule has 0 aliphatic carbocycles. The number of H-pyrrole nitrogens is 1. The number of aromatic nitrogens is 3. The lowest BCUT2D eigenvalue weighted by molar-refractivity contribution is 0.0241. The maximum absolute atomic E-state index is 12.4. The highest BCUT2D eigenvalue weighted by atomic mass is 127. The number of amides is 1. The van der Waals surface area contributed by atoms with Crippen molar-refractivity contribution < 1.29 is 9.53 Å². The highest BCUT2D eigenvalue weighted by Crippen LogP contribution is 2.38. The number of hydrogen-bond acceptors (Lipinski definition) is 5. The Morgan fingerprint density at radius 1 is 1.14 bits per heavy atom. The molecule has 1 fully saturated rings. The van der Waals surface area contributed by atoms with Crippen LogP contribution >= 0.6 is 22.6 Å². The third kappa shape index (κ3) is 4.17. The molecule has 8 heteroatoms. The van der Waals surface area contributed by atoms with E-state index in [0.717, 1.165) is 39.0 Å². The SMILES string of the molecule is CC(C)(C)OC(=O)N1CCN(c2c(-c3ccccc3)cnc3n[nH]c(I)c23)CC1. The minimum Gasteiger partial charge on any atom is -0.444 e. The Labute approximate surface area is 183 Å². The Hall–Kier alpha value is -2.36. The molecule has 7 nitrogen and oxygen atoms in total. The van der Waals surface area contributed by atoms with Crippen LogP contribution in [0.5, 0.6) is 0 Å². The molecule has 1 aliphatic heterocycles. The average Bonchev–Trinajstić information content (AvgIpc) is 3.08. The highest BCUT2D eigenvalue weighted by Gasteiger charge is 2.28. The number of rotatable bonds is 2. The van der Waals surface area contributed by atoms with Gasteiger partial charge in [0.2, 0.25) is 0 Å². The van der Waals surface area contributed by atoms with Gasteiger partial charge in [-0.25, -0.2) is 9.78 Å². The molecule has 3 heterocycles. The van der Waals surface area contributed by atoms with Crippen molar-refractivity contribution in [2.75, 3.05) is 31.1 Å². The van der Waals surface area contributed by atoms with Crippen LogP contribution in [0.3, 0.4) is 0 Å². The number of hydrogen-bond donors (Lipinski definition) is 1. The molecule has 1 saturated heterocycles. The van der Waals surface area contributed by atoms with Gasteiger partial charge in [0, 0.05) is 37.9 Å². The van der Waals surface area contributed by atoms with Gasteiger partial charge in [-0.05, 0) is 48.9 Å². The molecule has 4 rings (SSSR count). The quantitative estimate of drug-likeness (QED) is 0.527. The topological polar surface area (TPSA) is 74.3 Å². The van der Waals surface area contributed by atoms with Crippen LogP contribution in [0.15, 0.2) is 36.5 Å². The molecule has 0 unspecified atom stereocenters. The number of nitrogens with one attached hydrogen (secondary N) is 1. The van der Waals surface area contributed by atoms with E-state index in [1.54, 1.807) is 4.90 Å². The van der Waals surface area contributed by atoms with E-state index in [4.69, 9.17) is 4.74 Å². The molecule has 0 radical (unpaired) electrons. The zero-order chi connectivity index (χ0) is 20.6. The van der Waals surface area contributed by atoms with Crippen LogP contribution in [-0.4, -0.2) is 58.0 Å². The van der Waals surface area contributed by atoms with E-state index in [-0.39, 0.29) is 6.09 Å². The van der Waals surface area contributed by atoms with E-state index in [1.165, 1.54) is 0 Å². The second-order valence-corrected chi connectivity index (χ2v) is 9.16. The fourth-order valence-corrected chi connectivity index (χ4v) is 4.15. The third-order valence-electron chi connectivity index (χ3n) is 4.84. The molecular weight excluding hydrogens is 481 g/mol. The molecule has 1 aromatic carbocycles. The van der Waals surface area contributed by atoms with Gasteiger partial charge in [-0.2, -0.15) is 5.10 Å². The number of ether oxygens (including phenoxy) is 1. The molecular formula is C21H24IN5O2. The van der Waals surface area contributed by atoms with E-state index in [0.29, 0.717) is 18.7 Å². The van der Waals surface area contributed by atoms with E-state index in [2.05, 4.69) is 54.8 Å². The number of carbonyl (C=O) groups is 1. The lowest BCUT2D eigenvalue weighted by Crippen LogP contribution is -2.50. The highest BCUT2D eigenvalue weighted by molar-refractivity contribution is 14.1. The van der Waals surface area contributed by atoms with E-state index in [9.17, 15) is 4.79 Å². The van der Waals surface area contributed by atoms with Crippen molar-refractivity contribution in [3.63, 3.8) is 0 Å². The van der Waals surface area contributed by atoms with Crippen molar-refractivity contribution in [2.45, 2.75) is 26.4 Å². The molecule has 0 bridgehead atoms. The van der Waals surface area contributed by atoms with Crippen LogP contribution in [0.1, 0.15) is 20.8 Å². The van der Waals surface area contributed by atoms with Gasteiger partial charge >= 0.3 is 6.09 Å². The van der Waals surface area contributed by atoms with Crippen LogP contribution in [0.4, 0.5) is 10.5 Å². The Kier molecular flexibility index (Phi) is 5.37. The van der Waals surface area contributed by atoms with Gasteiger partial charge in [-0.3, -0.25) is 5.10 Å². The molecule has 29 heavy (non-hydrogen) atoms. The van der Waals surface area contributed by atoms with Gasteiger partial charge in [-0.15, -0.1) is 0 Å². The van der Waals surface area contributed by atoms with Crippen molar-refractivity contribution in [3.8, 4) is 11.1 Å². The van der Waals surface area contributed by atoms with Gasteiger partial charge in [-0.1, -0.05) is 30.3 Å². The van der Waals surface area contributed by atoms with E-state index >= 15 is 0 Å². The molecule has 0 spiro atoms. The molecule has 0 saturated carbocycles. The summed E-state index contributed by atoms with van der Waals surface area (Å²) in [5, 5.41) is 8.41. The zero-order valence-electron chi connectivity index (χ0n) is 16.8. The Morgan fingerprint density at radius 2 is 1.83 bits per heavy atom. The predicted octanol–water partition coefficient (Wildman–Crippen LogP) is 4.29. The number of pyridine rings is 1. The molecule has 1 N–H and O–H groups in total. The first-order valence-electron chi connectivity index (χ1n) is 9.64. The standard InChI is InChI=1S/C21H24IN5O2/c1-21(2,3)29-20(28)27-11-9-26(10-12-27)17-15(14-7-5-4-6-8-14)13-23-19-16(17)18(22)24-25-19/h4-8,13H,9-12H2,1-3H3,(H,23,24,25). The average molecular weight is 505 g/mol. The normalized spacial score (nSPS) is 15.0. The van der Waals surface area contributed by atoms with E-state index < -0.39 is 5.60 Å². The van der Waals surface area contributed by atoms with Gasteiger partial charge in [0.15, 0.2) is 5.65 Å². The van der Waals surface area contributed by atoms with Crippen LogP contribution in [-0.2, 0) is 4.74 Å². The van der Waals surface area contributed by atoms with Crippen molar-refractivity contribution in [1.29, 1.82) is 0 Å². The maximum Gasteiger partial charge on any atom is 0.410 e. The van der Waals surface area contributed by atoms with Crippen LogP contribution in [0.2, 0.25) is 0 Å². The molecule has 152 valence electrons. The first-order chi connectivity index (χ1) is 13.8. The predicted molar refractivity (Wildman–Crippen MR) is 122 cm³/mol. The van der Waals surface area contributed by atoms with E-state index in [1.807, 2.05) is 45.2 Å². The Morgan fingerprint density at radius 3 is 2.48 bits per heavy atom. The van der Waals surface area contributed by atoms with Gasteiger partial charge in [0.05, 0.1) is 11.1 Å². The number of nitrogens with zero attached hydrogens (tertiary/aromatic N) is 4. The Bertz CT molecular complexity index is 1020. The van der Waals surface area contributed by atoms with Crippen molar-refractivity contribution in [2.24, 2.45) is 0 Å². The lowest BCUT2D eigenvalue weighted by atomic mass is 10.0. The lowest BCUT2D eigenvalue weighted by Gasteiger charge is -2.37. The smallest absolute Gasteiger partial charge is 0.410 e. The number of halogens is 1. The maximum atomic E-state index is 12.4. The van der Waals surface area contributed by atoms with Crippen molar-refractivity contribution >= 4 is 45.4 Å². The summed E-state index contributed by atoms with van der Waals surface area (Å²) in [5.41, 5.74) is 3.52. The molecule has 0 atom stereocenters. The summed E-state index contributed by atoms with van der Waals surface area (Å²) >= 11 is 2.27. The summed E-state index contributed by atoms with van der Waals surface area (Å²) < 4.78 is 6.50. The van der Waals surface area contributed by atoms with Crippen LogP contribution in [0.25, 0.3) is 22.2 Å². The summed E-state index contributed by atoms with van der Waals surface area (Å²) in [7, 11) is 0. The fraction of sp³-hybridized carbons (Fsp3) is 0.381. The largest absolute Gasteiger partial charge is 0.444 e. The Balaban J connectivity index is 1.66. The number of benzene rings is 1. The minimum atomic E-state index is -0.487. The van der Waals surface area contributed by atoms with Crippen LogP contribution in [0, 0.1) is 3.70 Å². The number of piperazine rings is 1. The third-order valence-corrected chi connectivity index (χ3v) is 5.62. The number of fused-ring (bicyclic) bond motifs is 1. The first-order valence-corrected chi connectivity index (χ1v) is 10.7. The minimum absolute atomic E-state index is 0.252. The van der Waals surface area contributed by atoms with Crippen molar-refractivity contribution in [3.05, 3.63) is 40.2 Å². The first kappa shape index (κ1) is 19.9. The van der Waals surface area contributed by atoms with Gasteiger partial charge in [0.1, 0.15) is 9.30 Å². The summed E-state index contributed by atoms with van der Waals surface area (Å²) in [5.74, 6) is 0. The van der Waals surface area contributed by atoms with Gasteiger partial charge < -0.3 is 14.5 Å². The second-order valence-electron chi connectivity index (χ2n) is 8.08. The number of aromatic amines is 1. The monoisotopic (exact) mass is 505 g/mol. The summed E-state index contributed by atoms with van der Waals surface area (Å²) in [6.45, 7) is 8.34. The summed E-state index contributed by atoms with van der Waals surface area (Å²) in [6.07, 6.45) is 1.64.